The van der Waals surface area contributed by atoms with Gasteiger partial charge in [-0.3, -0.25) is 4.84 Å². The molecule has 6 rings (SSSR count). The summed E-state index contributed by atoms with van der Waals surface area (Å²) in [4.78, 5) is 5.31. The zero-order chi connectivity index (χ0) is 17.2. The number of nitrogens with zero attached hydrogens (tertiary/aromatic N) is 1. The molecule has 3 saturated heterocycles. The first-order valence-corrected chi connectivity index (χ1v) is 8.91. The number of hydrogen-bond acceptors (Lipinski definition) is 5. The highest BCUT2D eigenvalue weighted by molar-refractivity contribution is 5.77. The molecule has 4 atom stereocenters. The molecule has 25 heavy (non-hydrogen) atoms. The van der Waals surface area contributed by atoms with Crippen LogP contribution < -0.4 is 15.6 Å². The molecule has 5 nitrogen and oxygen atoms in total. The van der Waals surface area contributed by atoms with Gasteiger partial charge in [0.1, 0.15) is 5.75 Å². The maximum Gasteiger partial charge on any atom is 0.118 e. The van der Waals surface area contributed by atoms with Gasteiger partial charge >= 0.3 is 0 Å². The molecular weight excluding hydrogens is 314 g/mol. The zero-order valence-corrected chi connectivity index (χ0v) is 14.7. The topological polar surface area (TPSA) is 45.8 Å². The molecule has 5 heteroatoms. The number of anilines is 1. The minimum atomic E-state index is 0.509. The van der Waals surface area contributed by atoms with Crippen molar-refractivity contribution in [3.05, 3.63) is 48.5 Å². The molecule has 2 aromatic rings. The fourth-order valence-corrected chi connectivity index (χ4v) is 3.91. The molecule has 0 amide bonds. The fourth-order valence-electron chi connectivity index (χ4n) is 3.91. The molecule has 4 unspecified atom stereocenters. The summed E-state index contributed by atoms with van der Waals surface area (Å²) in [7, 11) is 3.61. The number of rotatable bonds is 3. The van der Waals surface area contributed by atoms with Crippen LogP contribution in [0.5, 0.6) is 5.75 Å². The van der Waals surface area contributed by atoms with Gasteiger partial charge in [0.15, 0.2) is 0 Å². The van der Waals surface area contributed by atoms with Crippen molar-refractivity contribution >= 4 is 5.69 Å². The van der Waals surface area contributed by atoms with Crippen LogP contribution in [0.25, 0.3) is 11.1 Å². The highest BCUT2D eigenvalue weighted by Crippen LogP contribution is 2.41. The molecule has 0 radical (unpaired) electrons. The highest BCUT2D eigenvalue weighted by atomic mass is 16.7. The van der Waals surface area contributed by atoms with Crippen LogP contribution in [0.2, 0.25) is 0 Å². The van der Waals surface area contributed by atoms with E-state index in [1.54, 1.807) is 7.11 Å². The maximum atomic E-state index is 5.31. The molecular formula is C20H25N3O2. The molecule has 132 valence electrons. The first-order chi connectivity index (χ1) is 12.3. The first-order valence-electron chi connectivity index (χ1n) is 8.91. The Hall–Kier alpha value is -2.08. The van der Waals surface area contributed by atoms with Gasteiger partial charge in [0.05, 0.1) is 19.3 Å². The number of nitrogens with one attached hydrogen (secondary N) is 2. The Morgan fingerprint density at radius 3 is 2.56 bits per heavy atom. The van der Waals surface area contributed by atoms with E-state index in [1.807, 2.05) is 31.3 Å². The van der Waals surface area contributed by atoms with Crippen molar-refractivity contribution in [3.8, 4) is 16.9 Å². The summed E-state index contributed by atoms with van der Waals surface area (Å²) in [5.74, 6) is 0.880. The normalized spacial score (nSPS) is 28.4. The second kappa shape index (κ2) is 7.04. The maximum absolute atomic E-state index is 5.31. The second-order valence-corrected chi connectivity index (χ2v) is 6.71. The molecule has 4 aliphatic rings. The Labute approximate surface area is 148 Å². The lowest BCUT2D eigenvalue weighted by Gasteiger charge is -2.47. The predicted molar refractivity (Wildman–Crippen MR) is 99.3 cm³/mol. The lowest BCUT2D eigenvalue weighted by Crippen LogP contribution is -2.61. The van der Waals surface area contributed by atoms with Crippen LogP contribution in [-0.2, 0) is 4.84 Å². The van der Waals surface area contributed by atoms with Crippen LogP contribution in [0.1, 0.15) is 19.3 Å². The average Bonchev–Trinajstić information content (AvgIpc) is 2.90. The van der Waals surface area contributed by atoms with Gasteiger partial charge in [-0.05, 0) is 43.0 Å². The number of piperidine rings is 1. The number of hydrazine groups is 1. The molecule has 2 N–H and O–H groups in total. The van der Waals surface area contributed by atoms with E-state index in [-0.39, 0.29) is 0 Å². The van der Waals surface area contributed by atoms with Gasteiger partial charge in [-0.25, -0.2) is 5.01 Å². The Bertz CT molecular complexity index is 701. The summed E-state index contributed by atoms with van der Waals surface area (Å²) in [5, 5.41) is 5.45. The van der Waals surface area contributed by atoms with E-state index in [9.17, 15) is 0 Å². The summed E-state index contributed by atoms with van der Waals surface area (Å²) in [5.41, 5.74) is 6.47. The third kappa shape index (κ3) is 3.11. The highest BCUT2D eigenvalue weighted by Gasteiger charge is 2.52. The van der Waals surface area contributed by atoms with Crippen LogP contribution in [0.4, 0.5) is 5.69 Å². The molecule has 2 aromatic carbocycles. The number of hydrogen-bond donors (Lipinski definition) is 2. The third-order valence-electron chi connectivity index (χ3n) is 5.38. The van der Waals surface area contributed by atoms with Gasteiger partial charge in [-0.15, -0.1) is 5.59 Å². The Kier molecular flexibility index (Phi) is 4.61. The van der Waals surface area contributed by atoms with E-state index in [4.69, 9.17) is 9.57 Å². The number of benzene rings is 2. The van der Waals surface area contributed by atoms with Crippen molar-refractivity contribution in [2.75, 3.05) is 19.5 Å². The monoisotopic (exact) mass is 339 g/mol. The Morgan fingerprint density at radius 2 is 1.92 bits per heavy atom. The van der Waals surface area contributed by atoms with Gasteiger partial charge < -0.3 is 10.1 Å². The van der Waals surface area contributed by atoms with E-state index >= 15 is 0 Å². The number of ether oxygens (including phenoxy) is 1. The lowest BCUT2D eigenvalue weighted by atomic mass is 9.80. The van der Waals surface area contributed by atoms with Crippen molar-refractivity contribution < 1.29 is 9.57 Å². The van der Waals surface area contributed by atoms with E-state index < -0.39 is 0 Å². The summed E-state index contributed by atoms with van der Waals surface area (Å²) < 4.78 is 5.15. The molecule has 1 saturated carbocycles. The first kappa shape index (κ1) is 16.4. The number of methoxy groups -OCH3 is 1. The van der Waals surface area contributed by atoms with Gasteiger partial charge in [-0.1, -0.05) is 30.3 Å². The minimum Gasteiger partial charge on any atom is -0.497 e. The van der Waals surface area contributed by atoms with E-state index in [1.165, 1.54) is 30.4 Å². The molecule has 3 aliphatic heterocycles. The van der Waals surface area contributed by atoms with Crippen LogP contribution in [-0.4, -0.2) is 37.4 Å². The predicted octanol–water partition coefficient (Wildman–Crippen LogP) is 3.45. The standard InChI is InChI=1S/C14H15NO.C6H10N2O/c1-15-14-6-4-3-5-13(14)11-7-9-12(16-2)10-8-11;1-2-6-5-3-4(1)8(5)7-9-6/h3-10,15H,1-2H3;4-7H,1-3H2. The fraction of sp³-hybridized carbons (Fsp3) is 0.400. The average molecular weight is 339 g/mol. The molecule has 3 heterocycles. The van der Waals surface area contributed by atoms with E-state index in [2.05, 4.69) is 40.2 Å². The quantitative estimate of drug-likeness (QED) is 0.897. The number of para-hydroxylation sites is 1. The van der Waals surface area contributed by atoms with E-state index in [0.29, 0.717) is 6.10 Å². The van der Waals surface area contributed by atoms with Crippen molar-refractivity contribution in [2.45, 2.75) is 37.5 Å². The number of fused-ring (bicyclic) bond motifs is 1. The van der Waals surface area contributed by atoms with Crippen molar-refractivity contribution in [2.24, 2.45) is 0 Å². The van der Waals surface area contributed by atoms with Crippen LogP contribution in [0, 0.1) is 0 Å². The van der Waals surface area contributed by atoms with E-state index in [0.717, 1.165) is 23.5 Å². The largest absolute Gasteiger partial charge is 0.497 e. The van der Waals surface area contributed by atoms with Crippen molar-refractivity contribution in [1.82, 2.24) is 10.6 Å². The molecule has 0 spiro atoms. The SMILES string of the molecule is C1CC2CC3C1ONN23.CNc1ccccc1-c1ccc(OC)cc1. The summed E-state index contributed by atoms with van der Waals surface area (Å²) >= 11 is 0. The third-order valence-corrected chi connectivity index (χ3v) is 5.38. The van der Waals surface area contributed by atoms with Crippen LogP contribution in [0.3, 0.4) is 0 Å². The van der Waals surface area contributed by atoms with Crippen molar-refractivity contribution in [1.29, 1.82) is 0 Å². The second-order valence-electron chi connectivity index (χ2n) is 6.71. The smallest absolute Gasteiger partial charge is 0.118 e. The molecule has 4 fully saturated rings. The van der Waals surface area contributed by atoms with Crippen LogP contribution >= 0.6 is 0 Å². The summed E-state index contributed by atoms with van der Waals surface area (Å²) in [6.07, 6.45) is 4.46. The van der Waals surface area contributed by atoms with Gasteiger partial charge in [0.25, 0.3) is 0 Å². The van der Waals surface area contributed by atoms with Crippen LogP contribution in [0.15, 0.2) is 48.5 Å². The molecule has 1 aliphatic carbocycles. The zero-order valence-electron chi connectivity index (χ0n) is 14.7. The lowest BCUT2D eigenvalue weighted by molar-refractivity contribution is -0.0500. The summed E-state index contributed by atoms with van der Waals surface area (Å²) in [6, 6.07) is 17.8. The molecule has 4 bridgehead atoms. The van der Waals surface area contributed by atoms with Crippen molar-refractivity contribution in [3.63, 3.8) is 0 Å². The Morgan fingerprint density at radius 1 is 1.12 bits per heavy atom. The summed E-state index contributed by atoms with van der Waals surface area (Å²) in [6.45, 7) is 0. The minimum absolute atomic E-state index is 0.509. The van der Waals surface area contributed by atoms with Gasteiger partial charge in [-0.2, -0.15) is 0 Å². The Balaban J connectivity index is 0.000000144. The van der Waals surface area contributed by atoms with Gasteiger partial charge in [0.2, 0.25) is 0 Å². The molecule has 0 aromatic heterocycles. The van der Waals surface area contributed by atoms with Gasteiger partial charge in [0, 0.05) is 24.3 Å².